The summed E-state index contributed by atoms with van der Waals surface area (Å²) in [7, 11) is 3.95. The second-order valence-corrected chi connectivity index (χ2v) is 5.72. The van der Waals surface area contributed by atoms with E-state index in [-0.39, 0.29) is 22.5 Å². The second-order valence-electron chi connectivity index (χ2n) is 5.72. The molecule has 20 heavy (non-hydrogen) atoms. The monoisotopic (exact) mass is 277 g/mol. The highest BCUT2D eigenvalue weighted by Crippen LogP contribution is 2.24. The molecule has 0 aliphatic heterocycles. The van der Waals surface area contributed by atoms with E-state index in [4.69, 9.17) is 5.26 Å². The van der Waals surface area contributed by atoms with Crippen LogP contribution in [0, 0.1) is 26.9 Å². The Bertz CT molecular complexity index is 534. The van der Waals surface area contributed by atoms with Crippen molar-refractivity contribution in [3.8, 4) is 6.07 Å². The zero-order valence-electron chi connectivity index (χ0n) is 12.2. The summed E-state index contributed by atoms with van der Waals surface area (Å²) in [6.45, 7) is 5.51. The van der Waals surface area contributed by atoms with Crippen LogP contribution in [0.4, 0.5) is 11.5 Å². The molecule has 0 atom stereocenters. The van der Waals surface area contributed by atoms with E-state index in [1.165, 1.54) is 12.3 Å². The Morgan fingerprint density at radius 3 is 2.70 bits per heavy atom. The van der Waals surface area contributed by atoms with Gasteiger partial charge in [0, 0.05) is 25.4 Å². The third kappa shape index (κ3) is 4.48. The van der Waals surface area contributed by atoms with E-state index in [1.807, 2.05) is 20.2 Å². The van der Waals surface area contributed by atoms with Crippen molar-refractivity contribution in [2.24, 2.45) is 5.41 Å². The van der Waals surface area contributed by atoms with Gasteiger partial charge in [-0.25, -0.2) is 4.98 Å². The van der Waals surface area contributed by atoms with Gasteiger partial charge in [-0.2, -0.15) is 5.26 Å². The number of rotatable bonds is 6. The zero-order chi connectivity index (χ0) is 15.3. The zero-order valence-corrected chi connectivity index (χ0v) is 12.2. The molecule has 1 heterocycles. The lowest BCUT2D eigenvalue weighted by atomic mass is 9.93. The van der Waals surface area contributed by atoms with Crippen LogP contribution in [0.25, 0.3) is 0 Å². The predicted octanol–water partition coefficient (Wildman–Crippen LogP) is 1.86. The Kier molecular flexibility index (Phi) is 5.00. The molecule has 0 spiro atoms. The van der Waals surface area contributed by atoms with E-state index < -0.39 is 4.92 Å². The van der Waals surface area contributed by atoms with Crippen molar-refractivity contribution in [2.75, 3.05) is 32.5 Å². The molecule has 1 N–H and O–H groups in total. The molecule has 0 aromatic carbocycles. The van der Waals surface area contributed by atoms with Crippen molar-refractivity contribution in [1.29, 1.82) is 5.26 Å². The van der Waals surface area contributed by atoms with Gasteiger partial charge >= 0.3 is 5.69 Å². The fourth-order valence-electron chi connectivity index (χ4n) is 2.02. The van der Waals surface area contributed by atoms with Gasteiger partial charge in [0.2, 0.25) is 5.82 Å². The van der Waals surface area contributed by atoms with Crippen molar-refractivity contribution in [3.63, 3.8) is 0 Å². The third-order valence-corrected chi connectivity index (χ3v) is 2.67. The van der Waals surface area contributed by atoms with Crippen LogP contribution in [-0.2, 0) is 0 Å². The molecular weight excluding hydrogens is 258 g/mol. The van der Waals surface area contributed by atoms with Gasteiger partial charge < -0.3 is 10.2 Å². The van der Waals surface area contributed by atoms with E-state index >= 15 is 0 Å². The minimum Gasteiger partial charge on any atom is -0.364 e. The lowest BCUT2D eigenvalue weighted by Gasteiger charge is -2.28. The Labute approximate surface area is 118 Å². The van der Waals surface area contributed by atoms with Crippen LogP contribution in [0.5, 0.6) is 0 Å². The minimum atomic E-state index is -0.533. The van der Waals surface area contributed by atoms with Gasteiger partial charge in [0.1, 0.15) is 6.07 Å². The number of pyridine rings is 1. The molecule has 0 fully saturated rings. The smallest absolute Gasteiger partial charge is 0.312 e. The van der Waals surface area contributed by atoms with E-state index in [0.717, 1.165) is 6.54 Å². The average molecular weight is 277 g/mol. The quantitative estimate of drug-likeness (QED) is 0.630. The number of aromatic nitrogens is 1. The van der Waals surface area contributed by atoms with Crippen molar-refractivity contribution in [1.82, 2.24) is 9.88 Å². The average Bonchev–Trinajstić information content (AvgIpc) is 2.34. The number of nitrogens with zero attached hydrogens (tertiary/aromatic N) is 4. The molecule has 0 radical (unpaired) electrons. The van der Waals surface area contributed by atoms with Crippen molar-refractivity contribution in [2.45, 2.75) is 13.8 Å². The van der Waals surface area contributed by atoms with Crippen LogP contribution in [0.3, 0.4) is 0 Å². The van der Waals surface area contributed by atoms with Gasteiger partial charge in [0.25, 0.3) is 0 Å². The Hall–Kier alpha value is -2.20. The Morgan fingerprint density at radius 1 is 1.55 bits per heavy atom. The molecular formula is C13H19N5O2. The summed E-state index contributed by atoms with van der Waals surface area (Å²) in [4.78, 5) is 16.5. The summed E-state index contributed by atoms with van der Waals surface area (Å²) in [5.74, 6) is 0.195. The maximum atomic E-state index is 11.0. The second kappa shape index (κ2) is 6.30. The first kappa shape index (κ1) is 15.9. The SMILES string of the molecule is CN(C)CC(C)(C)CNc1ncc(C#N)cc1[N+](=O)[O-]. The van der Waals surface area contributed by atoms with Crippen LogP contribution in [-0.4, -0.2) is 42.0 Å². The molecule has 7 nitrogen and oxygen atoms in total. The summed E-state index contributed by atoms with van der Waals surface area (Å²) in [5.41, 5.74) is -0.0630. The van der Waals surface area contributed by atoms with Crippen LogP contribution >= 0.6 is 0 Å². The Balaban J connectivity index is 2.88. The van der Waals surface area contributed by atoms with Crippen LogP contribution < -0.4 is 5.32 Å². The summed E-state index contributed by atoms with van der Waals surface area (Å²) in [6.07, 6.45) is 1.33. The van der Waals surface area contributed by atoms with Gasteiger partial charge in [0.15, 0.2) is 0 Å². The van der Waals surface area contributed by atoms with Crippen molar-refractivity contribution in [3.05, 3.63) is 27.9 Å². The summed E-state index contributed by atoms with van der Waals surface area (Å²) >= 11 is 0. The van der Waals surface area contributed by atoms with Crippen molar-refractivity contribution < 1.29 is 4.92 Å². The fraction of sp³-hybridized carbons (Fsp3) is 0.538. The number of nitrogens with one attached hydrogen (secondary N) is 1. The summed E-state index contributed by atoms with van der Waals surface area (Å²) < 4.78 is 0. The summed E-state index contributed by atoms with van der Waals surface area (Å²) in [5, 5.41) is 22.8. The highest BCUT2D eigenvalue weighted by molar-refractivity contribution is 5.58. The lowest BCUT2D eigenvalue weighted by Crippen LogP contribution is -2.34. The fourth-order valence-corrected chi connectivity index (χ4v) is 2.02. The van der Waals surface area contributed by atoms with Gasteiger partial charge in [-0.3, -0.25) is 10.1 Å². The normalized spacial score (nSPS) is 11.2. The van der Waals surface area contributed by atoms with Crippen molar-refractivity contribution >= 4 is 11.5 Å². The van der Waals surface area contributed by atoms with Crippen LogP contribution in [0.1, 0.15) is 19.4 Å². The molecule has 108 valence electrons. The predicted molar refractivity (Wildman–Crippen MR) is 76.4 cm³/mol. The number of anilines is 1. The van der Waals surface area contributed by atoms with E-state index in [0.29, 0.717) is 6.54 Å². The first-order chi connectivity index (χ1) is 9.25. The van der Waals surface area contributed by atoms with Gasteiger partial charge in [-0.15, -0.1) is 0 Å². The molecule has 1 rings (SSSR count). The van der Waals surface area contributed by atoms with E-state index in [1.54, 1.807) is 0 Å². The highest BCUT2D eigenvalue weighted by Gasteiger charge is 2.22. The molecule has 0 bridgehead atoms. The molecule has 0 saturated heterocycles. The molecule has 0 saturated carbocycles. The standard InChI is InChI=1S/C13H19N5O2/c1-13(2,9-17(3)4)8-16-12-11(18(19)20)5-10(6-14)7-15-12/h5,7H,8-9H2,1-4H3,(H,15,16). The molecule has 0 aliphatic rings. The van der Waals surface area contributed by atoms with Gasteiger partial charge in [-0.1, -0.05) is 13.8 Å². The number of hydrogen-bond donors (Lipinski definition) is 1. The molecule has 1 aromatic heterocycles. The first-order valence-corrected chi connectivity index (χ1v) is 6.18. The maximum absolute atomic E-state index is 11.0. The highest BCUT2D eigenvalue weighted by atomic mass is 16.6. The largest absolute Gasteiger partial charge is 0.364 e. The molecule has 0 unspecified atom stereocenters. The Morgan fingerprint density at radius 2 is 2.20 bits per heavy atom. The van der Waals surface area contributed by atoms with Gasteiger partial charge in [0.05, 0.1) is 10.5 Å². The van der Waals surface area contributed by atoms with E-state index in [9.17, 15) is 10.1 Å². The minimum absolute atomic E-state index is 0.0626. The third-order valence-electron chi connectivity index (χ3n) is 2.67. The number of nitriles is 1. The van der Waals surface area contributed by atoms with Crippen LogP contribution in [0.2, 0.25) is 0 Å². The molecule has 1 aromatic rings. The van der Waals surface area contributed by atoms with Crippen LogP contribution in [0.15, 0.2) is 12.3 Å². The molecule has 0 aliphatic carbocycles. The number of hydrogen-bond acceptors (Lipinski definition) is 6. The van der Waals surface area contributed by atoms with E-state index in [2.05, 4.69) is 29.0 Å². The maximum Gasteiger partial charge on any atom is 0.312 e. The van der Waals surface area contributed by atoms with Gasteiger partial charge in [-0.05, 0) is 19.5 Å². The first-order valence-electron chi connectivity index (χ1n) is 6.18. The lowest BCUT2D eigenvalue weighted by molar-refractivity contribution is -0.384. The topological polar surface area (TPSA) is 95.1 Å². The molecule has 0 amide bonds. The summed E-state index contributed by atoms with van der Waals surface area (Å²) in [6, 6.07) is 3.08. The number of nitro groups is 1. The molecule has 7 heteroatoms.